The van der Waals surface area contributed by atoms with Crippen LogP contribution in [0, 0.1) is 5.92 Å². The molecule has 0 saturated carbocycles. The number of nitrogens with two attached hydrogens (primary N) is 2. The summed E-state index contributed by atoms with van der Waals surface area (Å²) in [6.07, 6.45) is 0. The third kappa shape index (κ3) is 1.76. The molecular formula is C8H17N3O. The molecule has 3 unspecified atom stereocenters. The average molecular weight is 171 g/mol. The molecule has 0 aromatic rings. The first-order chi connectivity index (χ1) is 5.52. The summed E-state index contributed by atoms with van der Waals surface area (Å²) in [5.74, 6) is 0.197. The first kappa shape index (κ1) is 9.48. The van der Waals surface area contributed by atoms with E-state index in [9.17, 15) is 4.79 Å². The number of likely N-dealkylation sites (tertiary alicyclic amines) is 1. The number of carbonyl (C=O) groups excluding carboxylic acids is 1. The monoisotopic (exact) mass is 171 g/mol. The van der Waals surface area contributed by atoms with Crippen LogP contribution in [0.5, 0.6) is 0 Å². The van der Waals surface area contributed by atoms with E-state index in [-0.39, 0.29) is 18.0 Å². The van der Waals surface area contributed by atoms with E-state index < -0.39 is 0 Å². The van der Waals surface area contributed by atoms with E-state index >= 15 is 0 Å². The van der Waals surface area contributed by atoms with E-state index in [1.165, 1.54) is 0 Å². The summed E-state index contributed by atoms with van der Waals surface area (Å²) in [7, 11) is 0. The third-order valence-electron chi connectivity index (χ3n) is 2.66. The molecule has 1 saturated heterocycles. The molecule has 1 fully saturated rings. The summed E-state index contributed by atoms with van der Waals surface area (Å²) in [5, 5.41) is 0. The van der Waals surface area contributed by atoms with E-state index in [0.717, 1.165) is 13.1 Å². The molecule has 0 spiro atoms. The Balaban J connectivity index is 2.51. The third-order valence-corrected chi connectivity index (χ3v) is 2.66. The Labute approximate surface area is 72.9 Å². The molecule has 0 bridgehead atoms. The van der Waals surface area contributed by atoms with Gasteiger partial charge in [-0.15, -0.1) is 0 Å². The van der Waals surface area contributed by atoms with E-state index in [0.29, 0.717) is 5.92 Å². The van der Waals surface area contributed by atoms with Crippen molar-refractivity contribution < 1.29 is 4.79 Å². The van der Waals surface area contributed by atoms with Gasteiger partial charge in [-0.3, -0.25) is 9.69 Å². The normalized spacial score (nSPS) is 33.6. The molecule has 0 aromatic heterocycles. The molecule has 0 radical (unpaired) electrons. The van der Waals surface area contributed by atoms with Crippen molar-refractivity contribution in [2.75, 3.05) is 13.1 Å². The Morgan fingerprint density at radius 2 is 2.17 bits per heavy atom. The molecular weight excluding hydrogens is 154 g/mol. The summed E-state index contributed by atoms with van der Waals surface area (Å²) in [4.78, 5) is 12.9. The Morgan fingerprint density at radius 1 is 1.58 bits per heavy atom. The highest BCUT2D eigenvalue weighted by Crippen LogP contribution is 2.16. The quantitative estimate of drug-likeness (QED) is 0.568. The first-order valence-electron chi connectivity index (χ1n) is 4.31. The maximum Gasteiger partial charge on any atom is 0.234 e. The number of hydrogen-bond donors (Lipinski definition) is 2. The number of amides is 1. The van der Waals surface area contributed by atoms with E-state index in [1.54, 1.807) is 0 Å². The van der Waals surface area contributed by atoms with Crippen molar-refractivity contribution in [1.82, 2.24) is 4.90 Å². The van der Waals surface area contributed by atoms with E-state index in [1.807, 2.05) is 11.8 Å². The van der Waals surface area contributed by atoms with Crippen LogP contribution in [0.3, 0.4) is 0 Å². The summed E-state index contributed by atoms with van der Waals surface area (Å²) in [6.45, 7) is 5.59. The Kier molecular flexibility index (Phi) is 2.69. The van der Waals surface area contributed by atoms with Crippen LogP contribution < -0.4 is 11.5 Å². The van der Waals surface area contributed by atoms with E-state index in [4.69, 9.17) is 11.5 Å². The van der Waals surface area contributed by atoms with Gasteiger partial charge in [-0.05, 0) is 12.8 Å². The molecule has 1 aliphatic heterocycles. The smallest absolute Gasteiger partial charge is 0.234 e. The van der Waals surface area contributed by atoms with Crippen LogP contribution in [0.2, 0.25) is 0 Å². The van der Waals surface area contributed by atoms with Crippen LogP contribution in [0.1, 0.15) is 13.8 Å². The average Bonchev–Trinajstić information content (AvgIpc) is 2.30. The number of primary amides is 1. The van der Waals surface area contributed by atoms with Gasteiger partial charge in [0.1, 0.15) is 0 Å². The number of rotatable bonds is 2. The van der Waals surface area contributed by atoms with Crippen LogP contribution in [0.25, 0.3) is 0 Å². The van der Waals surface area contributed by atoms with Crippen molar-refractivity contribution in [3.63, 3.8) is 0 Å². The second-order valence-corrected chi connectivity index (χ2v) is 3.67. The van der Waals surface area contributed by atoms with Crippen molar-refractivity contribution in [2.45, 2.75) is 25.9 Å². The summed E-state index contributed by atoms with van der Waals surface area (Å²) in [6, 6.07) is 0.00722. The zero-order valence-electron chi connectivity index (χ0n) is 7.66. The number of carbonyl (C=O) groups is 1. The molecule has 4 nitrogen and oxygen atoms in total. The van der Waals surface area contributed by atoms with Crippen LogP contribution >= 0.6 is 0 Å². The maximum atomic E-state index is 10.8. The molecule has 1 amide bonds. The van der Waals surface area contributed by atoms with Crippen molar-refractivity contribution in [3.05, 3.63) is 0 Å². The summed E-state index contributed by atoms with van der Waals surface area (Å²) >= 11 is 0. The highest BCUT2D eigenvalue weighted by atomic mass is 16.1. The fourth-order valence-corrected chi connectivity index (χ4v) is 1.53. The van der Waals surface area contributed by atoms with Gasteiger partial charge in [-0.25, -0.2) is 0 Å². The minimum Gasteiger partial charge on any atom is -0.368 e. The van der Waals surface area contributed by atoms with Gasteiger partial charge in [0, 0.05) is 19.1 Å². The number of nitrogens with zero attached hydrogens (tertiary/aromatic N) is 1. The Hall–Kier alpha value is -0.610. The fraction of sp³-hybridized carbons (Fsp3) is 0.875. The van der Waals surface area contributed by atoms with Crippen LogP contribution in [-0.4, -0.2) is 36.0 Å². The Bertz CT molecular complexity index is 173. The van der Waals surface area contributed by atoms with Gasteiger partial charge in [-0.1, -0.05) is 6.92 Å². The standard InChI is InChI=1S/C8H17N3O/c1-5-3-11(4-7(5)9)6(2)8(10)12/h5-7H,3-4,9H2,1-2H3,(H2,10,12). The van der Waals surface area contributed by atoms with Gasteiger partial charge in [0.15, 0.2) is 0 Å². The maximum absolute atomic E-state index is 10.8. The van der Waals surface area contributed by atoms with Crippen molar-refractivity contribution in [3.8, 4) is 0 Å². The number of hydrogen-bond acceptors (Lipinski definition) is 3. The van der Waals surface area contributed by atoms with Gasteiger partial charge in [0.05, 0.1) is 6.04 Å². The lowest BCUT2D eigenvalue weighted by molar-refractivity contribution is -0.122. The second kappa shape index (κ2) is 3.41. The molecule has 1 aliphatic rings. The summed E-state index contributed by atoms with van der Waals surface area (Å²) < 4.78 is 0. The topological polar surface area (TPSA) is 72.3 Å². The van der Waals surface area contributed by atoms with Gasteiger partial charge >= 0.3 is 0 Å². The molecule has 12 heavy (non-hydrogen) atoms. The van der Waals surface area contributed by atoms with E-state index in [2.05, 4.69) is 6.92 Å². The van der Waals surface area contributed by atoms with Gasteiger partial charge in [0.25, 0.3) is 0 Å². The second-order valence-electron chi connectivity index (χ2n) is 3.67. The van der Waals surface area contributed by atoms with Gasteiger partial charge < -0.3 is 11.5 Å². The predicted octanol–water partition coefficient (Wildman–Crippen LogP) is -0.861. The minimum atomic E-state index is -0.267. The van der Waals surface area contributed by atoms with Crippen LogP contribution in [0.4, 0.5) is 0 Å². The van der Waals surface area contributed by atoms with Crippen molar-refractivity contribution in [1.29, 1.82) is 0 Å². The molecule has 3 atom stereocenters. The van der Waals surface area contributed by atoms with Gasteiger partial charge in [-0.2, -0.15) is 0 Å². The predicted molar refractivity (Wildman–Crippen MR) is 47.4 cm³/mol. The summed E-state index contributed by atoms with van der Waals surface area (Å²) in [5.41, 5.74) is 11.0. The van der Waals surface area contributed by atoms with Crippen molar-refractivity contribution in [2.24, 2.45) is 17.4 Å². The lowest BCUT2D eigenvalue weighted by atomic mass is 10.1. The molecule has 1 heterocycles. The minimum absolute atomic E-state index is 0.180. The fourth-order valence-electron chi connectivity index (χ4n) is 1.53. The molecule has 0 aliphatic carbocycles. The lowest BCUT2D eigenvalue weighted by Crippen LogP contribution is -2.42. The first-order valence-corrected chi connectivity index (χ1v) is 4.31. The Morgan fingerprint density at radius 3 is 2.50 bits per heavy atom. The molecule has 70 valence electrons. The molecule has 4 heteroatoms. The highest BCUT2D eigenvalue weighted by molar-refractivity contribution is 5.79. The van der Waals surface area contributed by atoms with Crippen LogP contribution in [-0.2, 0) is 4.79 Å². The molecule has 0 aromatic carbocycles. The molecule has 4 N–H and O–H groups in total. The largest absolute Gasteiger partial charge is 0.368 e. The zero-order chi connectivity index (χ0) is 9.30. The molecule has 1 rings (SSSR count). The van der Waals surface area contributed by atoms with Gasteiger partial charge in [0.2, 0.25) is 5.91 Å². The lowest BCUT2D eigenvalue weighted by Gasteiger charge is -2.20. The van der Waals surface area contributed by atoms with Crippen molar-refractivity contribution >= 4 is 5.91 Å². The zero-order valence-corrected chi connectivity index (χ0v) is 7.66. The SMILES string of the molecule is CC1CN(C(C)C(N)=O)CC1N. The highest BCUT2D eigenvalue weighted by Gasteiger charge is 2.31. The van der Waals surface area contributed by atoms with Crippen LogP contribution in [0.15, 0.2) is 0 Å².